The van der Waals surface area contributed by atoms with E-state index in [9.17, 15) is 0 Å². The average Bonchev–Trinajstić information content (AvgIpc) is 2.67. The van der Waals surface area contributed by atoms with Crippen molar-refractivity contribution >= 4 is 17.8 Å². The van der Waals surface area contributed by atoms with Gasteiger partial charge in [-0.05, 0) is 31.5 Å². The molecule has 5 heteroatoms. The van der Waals surface area contributed by atoms with Crippen molar-refractivity contribution < 1.29 is 14.3 Å². The minimum atomic E-state index is -0.535. The van der Waals surface area contributed by atoms with Crippen LogP contribution in [0.1, 0.15) is 19.4 Å². The van der Waals surface area contributed by atoms with Crippen LogP contribution < -0.4 is 0 Å². The first-order valence-corrected chi connectivity index (χ1v) is 6.15. The molecule has 1 heterocycles. The normalized spacial score (nSPS) is 22.5. The predicted molar refractivity (Wildman–Crippen MR) is 69.6 cm³/mol. The summed E-state index contributed by atoms with van der Waals surface area (Å²) in [6, 6.07) is 7.44. The van der Waals surface area contributed by atoms with Crippen molar-refractivity contribution in [3.8, 4) is 0 Å². The minimum Gasteiger partial charge on any atom is -0.391 e. The van der Waals surface area contributed by atoms with Crippen LogP contribution >= 0.6 is 11.6 Å². The second-order valence-electron chi connectivity index (χ2n) is 4.52. The van der Waals surface area contributed by atoms with Gasteiger partial charge in [-0.2, -0.15) is 0 Å². The van der Waals surface area contributed by atoms with E-state index in [4.69, 9.17) is 25.9 Å². The number of nitrogens with zero attached hydrogens (tertiary/aromatic N) is 1. The van der Waals surface area contributed by atoms with Gasteiger partial charge in [-0.1, -0.05) is 28.9 Å². The van der Waals surface area contributed by atoms with Crippen LogP contribution in [0.2, 0.25) is 5.02 Å². The third kappa shape index (κ3) is 3.98. The largest absolute Gasteiger partial charge is 0.391 e. The van der Waals surface area contributed by atoms with Gasteiger partial charge in [-0.15, -0.1) is 0 Å². The lowest BCUT2D eigenvalue weighted by atomic mass is 10.2. The summed E-state index contributed by atoms with van der Waals surface area (Å²) < 4.78 is 10.9. The predicted octanol–water partition coefficient (Wildman–Crippen LogP) is 2.99. The quantitative estimate of drug-likeness (QED) is 0.623. The topological polar surface area (TPSA) is 40.0 Å². The first kappa shape index (κ1) is 13.3. The van der Waals surface area contributed by atoms with Crippen molar-refractivity contribution in [1.29, 1.82) is 0 Å². The van der Waals surface area contributed by atoms with Crippen LogP contribution in [0.4, 0.5) is 0 Å². The van der Waals surface area contributed by atoms with Crippen molar-refractivity contribution in [2.75, 3.05) is 6.61 Å². The molecule has 0 amide bonds. The maximum absolute atomic E-state index is 5.78. The molecule has 0 radical (unpaired) electrons. The molecule has 1 saturated heterocycles. The zero-order valence-electron chi connectivity index (χ0n) is 10.4. The van der Waals surface area contributed by atoms with Crippen LogP contribution in [-0.4, -0.2) is 24.7 Å². The molecule has 0 aliphatic carbocycles. The van der Waals surface area contributed by atoms with E-state index in [1.165, 1.54) is 0 Å². The van der Waals surface area contributed by atoms with Gasteiger partial charge in [0.2, 0.25) is 0 Å². The fraction of sp³-hybridized carbons (Fsp3) is 0.462. The third-order valence-electron chi connectivity index (χ3n) is 2.48. The maximum Gasteiger partial charge on any atom is 0.163 e. The highest BCUT2D eigenvalue weighted by Gasteiger charge is 2.31. The van der Waals surface area contributed by atoms with Crippen LogP contribution in [0.25, 0.3) is 0 Å². The molecule has 0 unspecified atom stereocenters. The molecule has 98 valence electrons. The molecule has 1 aromatic rings. The molecule has 18 heavy (non-hydrogen) atoms. The molecule has 0 N–H and O–H groups in total. The second kappa shape index (κ2) is 5.69. The van der Waals surface area contributed by atoms with E-state index in [1.54, 1.807) is 6.21 Å². The van der Waals surface area contributed by atoms with E-state index in [2.05, 4.69) is 5.16 Å². The lowest BCUT2D eigenvalue weighted by Gasteiger charge is -2.15. The smallest absolute Gasteiger partial charge is 0.163 e. The van der Waals surface area contributed by atoms with Gasteiger partial charge in [0, 0.05) is 5.02 Å². The van der Waals surface area contributed by atoms with Crippen molar-refractivity contribution in [2.24, 2.45) is 5.16 Å². The highest BCUT2D eigenvalue weighted by Crippen LogP contribution is 2.21. The molecule has 1 aliphatic heterocycles. The Bertz CT molecular complexity index is 417. The number of hydrogen-bond donors (Lipinski definition) is 0. The summed E-state index contributed by atoms with van der Waals surface area (Å²) in [4.78, 5) is 5.18. The lowest BCUT2D eigenvalue weighted by Crippen LogP contribution is -2.21. The van der Waals surface area contributed by atoms with Gasteiger partial charge < -0.3 is 14.3 Å². The second-order valence-corrected chi connectivity index (χ2v) is 4.96. The molecule has 0 aromatic heterocycles. The summed E-state index contributed by atoms with van der Waals surface area (Å²) in [6.45, 7) is 4.65. The van der Waals surface area contributed by atoms with Crippen LogP contribution in [0, 0.1) is 0 Å². The summed E-state index contributed by atoms with van der Waals surface area (Å²) in [7, 11) is 0. The number of hydrogen-bond acceptors (Lipinski definition) is 4. The number of oxime groups is 1. The van der Waals surface area contributed by atoms with E-state index in [-0.39, 0.29) is 6.10 Å². The fourth-order valence-corrected chi connectivity index (χ4v) is 1.72. The molecule has 1 atom stereocenters. The molecule has 0 saturated carbocycles. The third-order valence-corrected chi connectivity index (χ3v) is 2.73. The molecule has 1 fully saturated rings. The van der Waals surface area contributed by atoms with Crippen molar-refractivity contribution in [3.63, 3.8) is 0 Å². The van der Waals surface area contributed by atoms with E-state index < -0.39 is 5.79 Å². The molecule has 1 aliphatic rings. The molecule has 0 spiro atoms. The minimum absolute atomic E-state index is 0.148. The van der Waals surface area contributed by atoms with E-state index in [0.717, 1.165) is 5.56 Å². The van der Waals surface area contributed by atoms with Gasteiger partial charge in [0.15, 0.2) is 5.79 Å². The van der Waals surface area contributed by atoms with E-state index in [1.807, 2.05) is 38.1 Å². The molecular formula is C13H16ClNO3. The van der Waals surface area contributed by atoms with Crippen LogP contribution in [0.5, 0.6) is 0 Å². The molecule has 2 rings (SSSR count). The molecule has 0 bridgehead atoms. The summed E-state index contributed by atoms with van der Waals surface area (Å²) in [5, 5.41) is 4.58. The number of benzene rings is 1. The summed E-state index contributed by atoms with van der Waals surface area (Å²) in [5.74, 6) is -0.535. The highest BCUT2D eigenvalue weighted by molar-refractivity contribution is 6.30. The fourth-order valence-electron chi connectivity index (χ4n) is 1.59. The summed E-state index contributed by atoms with van der Waals surface area (Å²) >= 11 is 5.78. The summed E-state index contributed by atoms with van der Waals surface area (Å²) in [5.41, 5.74) is 1.01. The zero-order valence-corrected chi connectivity index (χ0v) is 11.2. The molecule has 1 aromatic carbocycles. The van der Waals surface area contributed by atoms with Crippen molar-refractivity contribution in [3.05, 3.63) is 34.9 Å². The maximum atomic E-state index is 5.78. The molecular weight excluding hydrogens is 254 g/mol. The Hall–Kier alpha value is -1.10. The number of rotatable bonds is 4. The Morgan fingerprint density at radius 1 is 1.44 bits per heavy atom. The van der Waals surface area contributed by atoms with Gasteiger partial charge in [0.05, 0.1) is 12.8 Å². The SMILES string of the molecule is CC1(C)OC[C@H](/C=N/OCc2ccc(Cl)cc2)O1. The number of halogens is 1. The van der Waals surface area contributed by atoms with E-state index in [0.29, 0.717) is 18.2 Å². The van der Waals surface area contributed by atoms with Gasteiger partial charge >= 0.3 is 0 Å². The van der Waals surface area contributed by atoms with Gasteiger partial charge in [-0.3, -0.25) is 0 Å². The van der Waals surface area contributed by atoms with Crippen LogP contribution in [0.15, 0.2) is 29.4 Å². The van der Waals surface area contributed by atoms with E-state index >= 15 is 0 Å². The lowest BCUT2D eigenvalue weighted by molar-refractivity contribution is -0.131. The number of ether oxygens (including phenoxy) is 2. The van der Waals surface area contributed by atoms with Gasteiger partial charge in [-0.25, -0.2) is 0 Å². The summed E-state index contributed by atoms with van der Waals surface area (Å²) in [6.07, 6.45) is 1.47. The van der Waals surface area contributed by atoms with Crippen LogP contribution in [0.3, 0.4) is 0 Å². The Balaban J connectivity index is 1.74. The molecule has 4 nitrogen and oxygen atoms in total. The van der Waals surface area contributed by atoms with Crippen molar-refractivity contribution in [1.82, 2.24) is 0 Å². The average molecular weight is 270 g/mol. The van der Waals surface area contributed by atoms with Gasteiger partial charge in [0.25, 0.3) is 0 Å². The Labute approximate surface area is 111 Å². The standard InChI is InChI=1S/C13H16ClNO3/c1-13(2)16-9-12(18-13)7-15-17-8-10-3-5-11(14)6-4-10/h3-7,12H,8-9H2,1-2H3/b15-7+/t12-/m0/s1. The highest BCUT2D eigenvalue weighted by atomic mass is 35.5. The Morgan fingerprint density at radius 3 is 2.78 bits per heavy atom. The van der Waals surface area contributed by atoms with Crippen molar-refractivity contribution in [2.45, 2.75) is 32.3 Å². The van der Waals surface area contributed by atoms with Gasteiger partial charge in [0.1, 0.15) is 12.7 Å². The van der Waals surface area contributed by atoms with Crippen LogP contribution in [-0.2, 0) is 20.9 Å². The Kier molecular flexibility index (Phi) is 4.22. The zero-order chi connectivity index (χ0) is 13.0. The first-order chi connectivity index (χ1) is 8.55. The monoisotopic (exact) mass is 269 g/mol. The first-order valence-electron chi connectivity index (χ1n) is 5.77. The Morgan fingerprint density at radius 2 is 2.17 bits per heavy atom.